The maximum absolute atomic E-state index is 13.8. The first-order valence-electron chi connectivity index (χ1n) is 12.1. The number of amides is 1. The molecule has 1 heterocycles. The zero-order chi connectivity index (χ0) is 29.0. The van der Waals surface area contributed by atoms with Crippen LogP contribution in [0.15, 0.2) is 53.4 Å². The van der Waals surface area contributed by atoms with Gasteiger partial charge < -0.3 is 19.1 Å². The van der Waals surface area contributed by atoms with Crippen molar-refractivity contribution in [1.82, 2.24) is 9.21 Å². The minimum atomic E-state index is -4.92. The summed E-state index contributed by atoms with van der Waals surface area (Å²) in [5.41, 5.74) is 0.0968. The van der Waals surface area contributed by atoms with E-state index in [1.165, 1.54) is 28.4 Å². The fourth-order valence-electron chi connectivity index (χ4n) is 4.09. The Labute approximate surface area is 225 Å². The van der Waals surface area contributed by atoms with Gasteiger partial charge in [0.1, 0.15) is 11.4 Å². The molecule has 39 heavy (non-hydrogen) atoms. The van der Waals surface area contributed by atoms with Crippen molar-refractivity contribution in [2.45, 2.75) is 63.1 Å². The molecule has 1 unspecified atom stereocenters. The Morgan fingerprint density at radius 1 is 1.03 bits per heavy atom. The molecular weight excluding hydrogens is 541 g/mol. The average molecular weight is 573 g/mol. The van der Waals surface area contributed by atoms with Crippen LogP contribution in [0.25, 0.3) is 0 Å². The first kappa shape index (κ1) is 30.2. The second-order valence-electron chi connectivity index (χ2n) is 9.98. The van der Waals surface area contributed by atoms with E-state index in [1.807, 2.05) is 0 Å². The number of rotatable bonds is 7. The summed E-state index contributed by atoms with van der Waals surface area (Å²) in [7, 11) is -3.00. The Bertz CT molecular complexity index is 1260. The van der Waals surface area contributed by atoms with Crippen molar-refractivity contribution in [3.63, 3.8) is 0 Å². The summed E-state index contributed by atoms with van der Waals surface area (Å²) in [6, 6.07) is 9.47. The summed E-state index contributed by atoms with van der Waals surface area (Å²) in [6.45, 7) is 5.52. The number of nitrogens with zero attached hydrogens (tertiary/aromatic N) is 2. The van der Waals surface area contributed by atoms with Crippen molar-refractivity contribution in [3.05, 3.63) is 59.7 Å². The number of methoxy groups -OCH3 is 1. The monoisotopic (exact) mass is 572 g/mol. The van der Waals surface area contributed by atoms with Gasteiger partial charge in [-0.1, -0.05) is 12.1 Å². The zero-order valence-corrected chi connectivity index (χ0v) is 22.8. The molecule has 2 aromatic rings. The number of carbonyl (C=O) groups is 2. The standard InChI is InChI=1S/C26H31F3N2O7S/c1-25(2,3)38-24(33)30-15-5-6-20(17-30)31(16-18-7-9-19(10-8-18)23(32)36-4)39(34,35)22-13-11-21(12-14-22)37-26(27,28)29/h7-14,20H,5-6,15-17H2,1-4H3. The molecule has 1 fully saturated rings. The fourth-order valence-corrected chi connectivity index (χ4v) is 5.72. The highest BCUT2D eigenvalue weighted by molar-refractivity contribution is 7.89. The number of halogens is 3. The molecule has 3 rings (SSSR count). The first-order chi connectivity index (χ1) is 18.1. The number of benzene rings is 2. The van der Waals surface area contributed by atoms with Crippen molar-refractivity contribution in [1.29, 1.82) is 0 Å². The number of sulfonamides is 1. The number of hydrogen-bond donors (Lipinski definition) is 0. The van der Waals surface area contributed by atoms with Crippen LogP contribution >= 0.6 is 0 Å². The van der Waals surface area contributed by atoms with Crippen LogP contribution in [0.3, 0.4) is 0 Å². The molecule has 214 valence electrons. The molecule has 0 bridgehead atoms. The van der Waals surface area contributed by atoms with Gasteiger partial charge in [0.15, 0.2) is 0 Å². The highest BCUT2D eigenvalue weighted by Crippen LogP contribution is 2.29. The van der Waals surface area contributed by atoms with E-state index in [0.29, 0.717) is 24.9 Å². The molecule has 1 saturated heterocycles. The smallest absolute Gasteiger partial charge is 0.465 e. The van der Waals surface area contributed by atoms with Crippen molar-refractivity contribution in [2.75, 3.05) is 20.2 Å². The third-order valence-electron chi connectivity index (χ3n) is 5.83. The number of piperidine rings is 1. The Hall–Kier alpha value is -3.32. The first-order valence-corrected chi connectivity index (χ1v) is 13.6. The molecule has 1 amide bonds. The van der Waals surface area contributed by atoms with Gasteiger partial charge in [0.25, 0.3) is 0 Å². The minimum Gasteiger partial charge on any atom is -0.465 e. The van der Waals surface area contributed by atoms with E-state index in [4.69, 9.17) is 9.47 Å². The van der Waals surface area contributed by atoms with Crippen molar-refractivity contribution >= 4 is 22.1 Å². The van der Waals surface area contributed by atoms with Crippen LogP contribution in [0, 0.1) is 0 Å². The summed E-state index contributed by atoms with van der Waals surface area (Å²) in [5.74, 6) is -1.10. The topological polar surface area (TPSA) is 102 Å². The lowest BCUT2D eigenvalue weighted by atomic mass is 10.1. The van der Waals surface area contributed by atoms with Gasteiger partial charge in [0.2, 0.25) is 10.0 Å². The van der Waals surface area contributed by atoms with Gasteiger partial charge in [-0.3, -0.25) is 0 Å². The molecule has 1 atom stereocenters. The molecule has 0 aromatic heterocycles. The van der Waals surface area contributed by atoms with Crippen LogP contribution < -0.4 is 4.74 Å². The Morgan fingerprint density at radius 2 is 1.64 bits per heavy atom. The number of likely N-dealkylation sites (tertiary alicyclic amines) is 1. The maximum Gasteiger partial charge on any atom is 0.573 e. The van der Waals surface area contributed by atoms with E-state index < -0.39 is 45.8 Å². The van der Waals surface area contributed by atoms with Gasteiger partial charge in [-0.2, -0.15) is 4.31 Å². The Morgan fingerprint density at radius 3 is 2.18 bits per heavy atom. The molecule has 9 nitrogen and oxygen atoms in total. The number of alkyl halides is 3. The Balaban J connectivity index is 1.93. The molecule has 1 aliphatic heterocycles. The summed E-state index contributed by atoms with van der Waals surface area (Å²) in [6.07, 6.45) is -4.54. The number of hydrogen-bond acceptors (Lipinski definition) is 7. The van der Waals surface area contributed by atoms with E-state index in [1.54, 1.807) is 32.9 Å². The average Bonchev–Trinajstić information content (AvgIpc) is 2.85. The van der Waals surface area contributed by atoms with Crippen LogP contribution in [0.5, 0.6) is 5.75 Å². The highest BCUT2D eigenvalue weighted by Gasteiger charge is 2.37. The van der Waals surface area contributed by atoms with E-state index >= 15 is 0 Å². The van der Waals surface area contributed by atoms with Crippen molar-refractivity contribution in [3.8, 4) is 5.75 Å². The predicted octanol–water partition coefficient (Wildman–Crippen LogP) is 4.96. The fraction of sp³-hybridized carbons (Fsp3) is 0.462. The summed E-state index contributed by atoms with van der Waals surface area (Å²) >= 11 is 0. The second-order valence-corrected chi connectivity index (χ2v) is 11.9. The van der Waals surface area contributed by atoms with Gasteiger partial charge in [-0.05, 0) is 75.6 Å². The number of carbonyl (C=O) groups excluding carboxylic acids is 2. The van der Waals surface area contributed by atoms with Crippen LogP contribution in [-0.2, 0) is 26.0 Å². The molecule has 0 N–H and O–H groups in total. The van der Waals surface area contributed by atoms with Gasteiger partial charge >= 0.3 is 18.4 Å². The van der Waals surface area contributed by atoms with Gasteiger partial charge in [0.05, 0.1) is 17.6 Å². The quantitative estimate of drug-likeness (QED) is 0.432. The lowest BCUT2D eigenvalue weighted by molar-refractivity contribution is -0.274. The molecule has 0 aliphatic carbocycles. The Kier molecular flexibility index (Phi) is 9.16. The third kappa shape index (κ3) is 8.33. The SMILES string of the molecule is COC(=O)c1ccc(CN(C2CCCN(C(=O)OC(C)(C)C)C2)S(=O)(=O)c2ccc(OC(F)(F)F)cc2)cc1. The van der Waals surface area contributed by atoms with Gasteiger partial charge in [-0.25, -0.2) is 18.0 Å². The summed E-state index contributed by atoms with van der Waals surface area (Å²) in [4.78, 5) is 25.7. The minimum absolute atomic E-state index is 0.0592. The number of ether oxygens (including phenoxy) is 3. The van der Waals surface area contributed by atoms with Crippen molar-refractivity contribution < 1.29 is 45.4 Å². The normalized spacial score (nSPS) is 16.6. The van der Waals surface area contributed by atoms with Crippen LogP contribution in [0.1, 0.15) is 49.5 Å². The zero-order valence-electron chi connectivity index (χ0n) is 22.0. The van der Waals surface area contributed by atoms with E-state index in [2.05, 4.69) is 4.74 Å². The molecule has 2 aromatic carbocycles. The van der Waals surface area contributed by atoms with Crippen LogP contribution in [0.2, 0.25) is 0 Å². The van der Waals surface area contributed by atoms with E-state index in [0.717, 1.165) is 24.3 Å². The molecule has 13 heteroatoms. The molecule has 0 saturated carbocycles. The second kappa shape index (κ2) is 11.8. The highest BCUT2D eigenvalue weighted by atomic mass is 32.2. The lowest BCUT2D eigenvalue weighted by Gasteiger charge is -2.39. The lowest BCUT2D eigenvalue weighted by Crippen LogP contribution is -2.52. The number of esters is 1. The van der Waals surface area contributed by atoms with Crippen LogP contribution in [-0.4, -0.2) is 67.9 Å². The molecule has 0 radical (unpaired) electrons. The van der Waals surface area contributed by atoms with Gasteiger partial charge in [0, 0.05) is 25.7 Å². The summed E-state index contributed by atoms with van der Waals surface area (Å²) in [5, 5.41) is 0. The molecule has 1 aliphatic rings. The van der Waals surface area contributed by atoms with E-state index in [-0.39, 0.29) is 23.5 Å². The van der Waals surface area contributed by atoms with Crippen LogP contribution in [0.4, 0.5) is 18.0 Å². The van der Waals surface area contributed by atoms with Gasteiger partial charge in [-0.15, -0.1) is 13.2 Å². The molecule has 0 spiro atoms. The predicted molar refractivity (Wildman–Crippen MR) is 134 cm³/mol. The summed E-state index contributed by atoms with van der Waals surface area (Å²) < 4.78 is 80.6. The molecular formula is C26H31F3N2O7S. The van der Waals surface area contributed by atoms with Crippen molar-refractivity contribution in [2.24, 2.45) is 0 Å². The third-order valence-corrected chi connectivity index (χ3v) is 7.75. The maximum atomic E-state index is 13.8. The van der Waals surface area contributed by atoms with E-state index in [9.17, 15) is 31.2 Å². The largest absolute Gasteiger partial charge is 0.573 e.